The molecule has 0 saturated heterocycles. The fourth-order valence-electron chi connectivity index (χ4n) is 0.441. The molecule has 52 valence electrons. The lowest BCUT2D eigenvalue weighted by Gasteiger charge is -1.91. The van der Waals surface area contributed by atoms with E-state index in [4.69, 9.17) is 10.4 Å². The highest BCUT2D eigenvalue weighted by atomic mass is 16.4. The van der Waals surface area contributed by atoms with E-state index in [0.29, 0.717) is 0 Å². The monoisotopic (exact) mass is 137 g/mol. The molecule has 0 aromatic rings. The highest BCUT2D eigenvalue weighted by Gasteiger charge is 2.02. The van der Waals surface area contributed by atoms with Crippen LogP contribution in [0.25, 0.3) is 0 Å². The molecular formula is C7H7NO2. The summed E-state index contributed by atoms with van der Waals surface area (Å²) in [5.74, 6) is -1.07. The Balaban J connectivity index is 4.29. The number of carbonyl (C=O) groups is 1. The number of aliphatic carboxylic acids is 1. The van der Waals surface area contributed by atoms with Gasteiger partial charge in [0.15, 0.2) is 0 Å². The molecule has 0 heterocycles. The van der Waals surface area contributed by atoms with Gasteiger partial charge in [-0.25, -0.2) is 4.79 Å². The number of allylic oxidation sites excluding steroid dienone is 2. The van der Waals surface area contributed by atoms with E-state index in [1.54, 1.807) is 6.07 Å². The number of carboxylic acid groups (broad SMARTS) is 1. The quantitative estimate of drug-likeness (QED) is 0.360. The van der Waals surface area contributed by atoms with Crippen LogP contribution in [0, 0.1) is 11.3 Å². The first-order chi connectivity index (χ1) is 4.72. The summed E-state index contributed by atoms with van der Waals surface area (Å²) in [6, 6.07) is 1.64. The molecule has 3 nitrogen and oxygen atoms in total. The highest BCUT2D eigenvalue weighted by molar-refractivity contribution is 5.87. The predicted molar refractivity (Wildman–Crippen MR) is 36.1 cm³/mol. The highest BCUT2D eigenvalue weighted by Crippen LogP contribution is 2.00. The molecule has 0 rings (SSSR count). The molecule has 0 bridgehead atoms. The molecule has 0 aromatic heterocycles. The zero-order valence-electron chi connectivity index (χ0n) is 5.37. The van der Waals surface area contributed by atoms with Gasteiger partial charge in [-0.15, -0.1) is 6.58 Å². The molecule has 0 aliphatic heterocycles. The van der Waals surface area contributed by atoms with Crippen molar-refractivity contribution in [3.63, 3.8) is 0 Å². The number of rotatable bonds is 3. The molecule has 0 amide bonds. The first-order valence-electron chi connectivity index (χ1n) is 2.65. The van der Waals surface area contributed by atoms with Crippen LogP contribution in [0.1, 0.15) is 6.42 Å². The van der Waals surface area contributed by atoms with Gasteiger partial charge in [0.1, 0.15) is 0 Å². The van der Waals surface area contributed by atoms with Gasteiger partial charge in [-0.2, -0.15) is 5.26 Å². The Hall–Kier alpha value is -1.56. The second-order valence-corrected chi connectivity index (χ2v) is 1.60. The van der Waals surface area contributed by atoms with Crippen LogP contribution in [0.5, 0.6) is 0 Å². The van der Waals surface area contributed by atoms with Crippen LogP contribution < -0.4 is 0 Å². The molecule has 3 heteroatoms. The van der Waals surface area contributed by atoms with E-state index in [1.807, 2.05) is 0 Å². The van der Waals surface area contributed by atoms with E-state index >= 15 is 0 Å². The van der Waals surface area contributed by atoms with E-state index < -0.39 is 5.97 Å². The topological polar surface area (TPSA) is 61.1 Å². The normalized spacial score (nSPS) is 10.1. The fraction of sp³-hybridized carbons (Fsp3) is 0.143. The Morgan fingerprint density at radius 1 is 1.80 bits per heavy atom. The zero-order valence-corrected chi connectivity index (χ0v) is 5.37. The minimum Gasteiger partial charge on any atom is -0.478 e. The SMILES string of the molecule is C=CC/C(=C\C#N)C(=O)O. The van der Waals surface area contributed by atoms with Crippen molar-refractivity contribution in [3.05, 3.63) is 24.3 Å². The number of carboxylic acids is 1. The summed E-state index contributed by atoms with van der Waals surface area (Å²) in [5.41, 5.74) is 0.0671. The van der Waals surface area contributed by atoms with Gasteiger partial charge >= 0.3 is 5.97 Å². The van der Waals surface area contributed by atoms with Crippen LogP contribution in [-0.4, -0.2) is 11.1 Å². The van der Waals surface area contributed by atoms with E-state index in [9.17, 15) is 4.79 Å². The fourth-order valence-corrected chi connectivity index (χ4v) is 0.441. The summed E-state index contributed by atoms with van der Waals surface area (Å²) in [6.45, 7) is 3.35. The van der Waals surface area contributed by atoms with Gasteiger partial charge in [-0.1, -0.05) is 6.08 Å². The van der Waals surface area contributed by atoms with Crippen molar-refractivity contribution >= 4 is 5.97 Å². The molecule has 0 aliphatic rings. The van der Waals surface area contributed by atoms with Gasteiger partial charge in [-0.3, -0.25) is 0 Å². The van der Waals surface area contributed by atoms with Crippen LogP contribution in [0.15, 0.2) is 24.3 Å². The Morgan fingerprint density at radius 3 is 2.70 bits per heavy atom. The summed E-state index contributed by atoms with van der Waals surface area (Å²) in [7, 11) is 0. The standard InChI is InChI=1S/C7H7NO2/c1-2-3-6(4-5-8)7(9)10/h2,4H,1,3H2,(H,9,10)/b6-4+. The van der Waals surface area contributed by atoms with Crippen molar-refractivity contribution in [2.45, 2.75) is 6.42 Å². The molecule has 0 aromatic carbocycles. The molecule has 0 saturated carbocycles. The largest absolute Gasteiger partial charge is 0.478 e. The lowest BCUT2D eigenvalue weighted by atomic mass is 10.2. The van der Waals surface area contributed by atoms with Crippen LogP contribution in [-0.2, 0) is 4.79 Å². The molecule has 0 atom stereocenters. The Morgan fingerprint density at radius 2 is 2.40 bits per heavy atom. The Labute approximate surface area is 58.9 Å². The molecule has 10 heavy (non-hydrogen) atoms. The summed E-state index contributed by atoms with van der Waals surface area (Å²) in [6.07, 6.45) is 2.67. The molecular weight excluding hydrogens is 130 g/mol. The van der Waals surface area contributed by atoms with E-state index in [1.165, 1.54) is 6.08 Å². The molecule has 0 fully saturated rings. The molecule has 0 unspecified atom stereocenters. The lowest BCUT2D eigenvalue weighted by molar-refractivity contribution is -0.132. The van der Waals surface area contributed by atoms with Gasteiger partial charge in [0.2, 0.25) is 0 Å². The maximum Gasteiger partial charge on any atom is 0.332 e. The van der Waals surface area contributed by atoms with E-state index in [-0.39, 0.29) is 12.0 Å². The van der Waals surface area contributed by atoms with Crippen molar-refractivity contribution in [3.8, 4) is 6.07 Å². The number of nitriles is 1. The maximum atomic E-state index is 10.2. The minimum absolute atomic E-state index is 0.0671. The van der Waals surface area contributed by atoms with Crippen LogP contribution >= 0.6 is 0 Å². The van der Waals surface area contributed by atoms with E-state index in [2.05, 4.69) is 6.58 Å². The van der Waals surface area contributed by atoms with Gasteiger partial charge in [0.25, 0.3) is 0 Å². The summed E-state index contributed by atoms with van der Waals surface area (Å²) >= 11 is 0. The van der Waals surface area contributed by atoms with Crippen LogP contribution in [0.4, 0.5) is 0 Å². The van der Waals surface area contributed by atoms with Crippen LogP contribution in [0.3, 0.4) is 0 Å². The second kappa shape index (κ2) is 4.33. The van der Waals surface area contributed by atoms with Crippen molar-refractivity contribution in [1.29, 1.82) is 5.26 Å². The molecule has 1 N–H and O–H groups in total. The van der Waals surface area contributed by atoms with Crippen molar-refractivity contribution < 1.29 is 9.90 Å². The Kier molecular flexibility index (Phi) is 3.66. The minimum atomic E-state index is -1.07. The zero-order chi connectivity index (χ0) is 7.98. The van der Waals surface area contributed by atoms with Gasteiger partial charge in [0.05, 0.1) is 11.6 Å². The van der Waals surface area contributed by atoms with Crippen molar-refractivity contribution in [2.24, 2.45) is 0 Å². The Bertz CT molecular complexity index is 210. The number of hydrogen-bond donors (Lipinski definition) is 1. The van der Waals surface area contributed by atoms with E-state index in [0.717, 1.165) is 6.08 Å². The third kappa shape index (κ3) is 2.68. The smallest absolute Gasteiger partial charge is 0.332 e. The maximum absolute atomic E-state index is 10.2. The van der Waals surface area contributed by atoms with Gasteiger partial charge < -0.3 is 5.11 Å². The second-order valence-electron chi connectivity index (χ2n) is 1.60. The average Bonchev–Trinajstić information content (AvgIpc) is 1.87. The van der Waals surface area contributed by atoms with Crippen molar-refractivity contribution in [1.82, 2.24) is 0 Å². The lowest BCUT2D eigenvalue weighted by Crippen LogP contribution is -1.98. The number of hydrogen-bond acceptors (Lipinski definition) is 2. The molecule has 0 radical (unpaired) electrons. The summed E-state index contributed by atoms with van der Waals surface area (Å²) in [4.78, 5) is 10.2. The molecule has 0 spiro atoms. The third-order valence-electron chi connectivity index (χ3n) is 0.878. The third-order valence-corrected chi connectivity index (χ3v) is 0.878. The average molecular weight is 137 g/mol. The first kappa shape index (κ1) is 8.44. The predicted octanol–water partition coefficient (Wildman–Crippen LogP) is 1.10. The molecule has 0 aliphatic carbocycles. The van der Waals surface area contributed by atoms with Gasteiger partial charge in [-0.05, 0) is 6.42 Å². The summed E-state index contributed by atoms with van der Waals surface area (Å²) in [5, 5.41) is 16.5. The number of nitrogens with zero attached hydrogens (tertiary/aromatic N) is 1. The summed E-state index contributed by atoms with van der Waals surface area (Å²) < 4.78 is 0. The van der Waals surface area contributed by atoms with Gasteiger partial charge in [0, 0.05) is 6.08 Å². The van der Waals surface area contributed by atoms with Crippen molar-refractivity contribution in [2.75, 3.05) is 0 Å². The first-order valence-corrected chi connectivity index (χ1v) is 2.65. The van der Waals surface area contributed by atoms with Crippen LogP contribution in [0.2, 0.25) is 0 Å².